The molecule has 142 valence electrons. The number of benzene rings is 1. The molecule has 0 bridgehead atoms. The third kappa shape index (κ3) is 3.47. The van der Waals surface area contributed by atoms with Crippen molar-refractivity contribution in [2.45, 2.75) is 31.3 Å². The number of rotatable bonds is 5. The molecule has 4 nitrogen and oxygen atoms in total. The largest absolute Gasteiger partial charge is 0.287 e. The fourth-order valence-corrected chi connectivity index (χ4v) is 5.24. The molecule has 3 aromatic heterocycles. The van der Waals surface area contributed by atoms with E-state index in [1.165, 1.54) is 35.2 Å². The molecule has 0 fully saturated rings. The van der Waals surface area contributed by atoms with Gasteiger partial charge < -0.3 is 0 Å². The van der Waals surface area contributed by atoms with Gasteiger partial charge in [-0.2, -0.15) is 0 Å². The average molecular weight is 412 g/mol. The Labute approximate surface area is 170 Å². The van der Waals surface area contributed by atoms with Crippen molar-refractivity contribution in [3.8, 4) is 11.1 Å². The number of thioether (sulfide) groups is 1. The number of hydrogen-bond acceptors (Lipinski definition) is 5. The highest BCUT2D eigenvalue weighted by Gasteiger charge is 2.19. The van der Waals surface area contributed by atoms with E-state index in [-0.39, 0.29) is 11.4 Å². The fourth-order valence-electron chi connectivity index (χ4n) is 3.16. The maximum absolute atomic E-state index is 13.3. The molecule has 3 heterocycles. The second-order valence-corrected chi connectivity index (χ2v) is 8.46. The van der Waals surface area contributed by atoms with Crippen LogP contribution in [0.25, 0.3) is 21.3 Å². The molecule has 0 atom stereocenters. The van der Waals surface area contributed by atoms with Crippen molar-refractivity contribution in [3.05, 3.63) is 75.4 Å². The van der Waals surface area contributed by atoms with Crippen LogP contribution in [0.1, 0.15) is 17.4 Å². The van der Waals surface area contributed by atoms with Gasteiger partial charge in [0.25, 0.3) is 5.56 Å². The number of aryl methyl sites for hydroxylation is 1. The van der Waals surface area contributed by atoms with Crippen LogP contribution >= 0.6 is 23.1 Å². The molecule has 0 radical (unpaired) electrons. The molecule has 0 aliphatic heterocycles. The smallest absolute Gasteiger partial charge is 0.263 e. The highest BCUT2D eigenvalue weighted by molar-refractivity contribution is 7.98. The van der Waals surface area contributed by atoms with E-state index in [9.17, 15) is 9.18 Å². The van der Waals surface area contributed by atoms with E-state index in [4.69, 9.17) is 4.98 Å². The molecule has 0 N–H and O–H groups in total. The van der Waals surface area contributed by atoms with Gasteiger partial charge in [-0.3, -0.25) is 14.3 Å². The molecule has 0 amide bonds. The first-order valence-electron chi connectivity index (χ1n) is 8.90. The lowest BCUT2D eigenvalue weighted by Gasteiger charge is -2.10. The first kappa shape index (κ1) is 18.8. The standard InChI is InChI=1S/C21H18FN3OS2/c1-3-25-20(26)18-17(15-6-8-16(22)9-7-15)13(2)28-19(18)24-21(25)27-12-14-5-4-10-23-11-14/h4-11H,3,12H2,1-2H3. The number of halogens is 1. The average Bonchev–Trinajstić information content (AvgIpc) is 3.04. The summed E-state index contributed by atoms with van der Waals surface area (Å²) in [5, 5.41) is 1.32. The Morgan fingerprint density at radius 3 is 2.68 bits per heavy atom. The van der Waals surface area contributed by atoms with Gasteiger partial charge >= 0.3 is 0 Å². The van der Waals surface area contributed by atoms with Gasteiger partial charge in [-0.05, 0) is 43.2 Å². The highest BCUT2D eigenvalue weighted by Crippen LogP contribution is 2.36. The Balaban J connectivity index is 1.82. The Morgan fingerprint density at radius 1 is 1.21 bits per heavy atom. The summed E-state index contributed by atoms with van der Waals surface area (Å²) in [5.41, 5.74) is 2.72. The van der Waals surface area contributed by atoms with Crippen molar-refractivity contribution in [1.82, 2.24) is 14.5 Å². The van der Waals surface area contributed by atoms with Crippen molar-refractivity contribution in [1.29, 1.82) is 0 Å². The van der Waals surface area contributed by atoms with E-state index in [1.54, 1.807) is 22.9 Å². The zero-order chi connectivity index (χ0) is 19.7. The molecular formula is C21H18FN3OS2. The van der Waals surface area contributed by atoms with Crippen molar-refractivity contribution < 1.29 is 4.39 Å². The van der Waals surface area contributed by atoms with E-state index < -0.39 is 0 Å². The van der Waals surface area contributed by atoms with E-state index in [1.807, 2.05) is 32.2 Å². The van der Waals surface area contributed by atoms with Crippen molar-refractivity contribution in [3.63, 3.8) is 0 Å². The summed E-state index contributed by atoms with van der Waals surface area (Å²) in [6.07, 6.45) is 3.56. The van der Waals surface area contributed by atoms with E-state index in [0.717, 1.165) is 26.4 Å². The lowest BCUT2D eigenvalue weighted by molar-refractivity contribution is 0.628. The van der Waals surface area contributed by atoms with Crippen molar-refractivity contribution in [2.24, 2.45) is 0 Å². The molecule has 0 spiro atoms. The first-order chi connectivity index (χ1) is 13.6. The molecule has 7 heteroatoms. The minimum atomic E-state index is -0.292. The molecule has 0 aliphatic carbocycles. The molecule has 1 aromatic carbocycles. The minimum absolute atomic E-state index is 0.0511. The summed E-state index contributed by atoms with van der Waals surface area (Å²) >= 11 is 3.04. The molecule has 4 rings (SSSR count). The molecular weight excluding hydrogens is 393 g/mol. The maximum atomic E-state index is 13.3. The topological polar surface area (TPSA) is 47.8 Å². The minimum Gasteiger partial charge on any atom is -0.287 e. The fraction of sp³-hybridized carbons (Fsp3) is 0.190. The summed E-state index contributed by atoms with van der Waals surface area (Å²) < 4.78 is 15.0. The first-order valence-corrected chi connectivity index (χ1v) is 10.7. The van der Waals surface area contributed by atoms with Crippen molar-refractivity contribution in [2.75, 3.05) is 0 Å². The summed E-state index contributed by atoms with van der Waals surface area (Å²) in [6, 6.07) is 10.2. The van der Waals surface area contributed by atoms with Gasteiger partial charge in [-0.1, -0.05) is 30.0 Å². The number of thiophene rings is 1. The van der Waals surface area contributed by atoms with Gasteiger partial charge in [0.2, 0.25) is 0 Å². The Kier molecular flexibility index (Phi) is 5.28. The summed E-state index contributed by atoms with van der Waals surface area (Å²) in [6.45, 7) is 4.46. The quantitative estimate of drug-likeness (QED) is 0.331. The number of nitrogens with zero attached hydrogens (tertiary/aromatic N) is 3. The van der Waals surface area contributed by atoms with Gasteiger partial charge in [0.1, 0.15) is 10.6 Å². The van der Waals surface area contributed by atoms with Gasteiger partial charge in [0, 0.05) is 35.1 Å². The zero-order valence-electron chi connectivity index (χ0n) is 15.5. The summed E-state index contributed by atoms with van der Waals surface area (Å²) in [4.78, 5) is 24.0. The SMILES string of the molecule is CCn1c(SCc2cccnc2)nc2sc(C)c(-c3ccc(F)cc3)c2c1=O. The Hall–Kier alpha value is -2.51. The predicted molar refractivity (Wildman–Crippen MR) is 113 cm³/mol. The van der Waals surface area contributed by atoms with E-state index in [2.05, 4.69) is 4.98 Å². The number of fused-ring (bicyclic) bond motifs is 1. The predicted octanol–water partition coefficient (Wildman–Crippen LogP) is 5.28. The molecule has 28 heavy (non-hydrogen) atoms. The second-order valence-electron chi connectivity index (χ2n) is 6.31. The third-order valence-electron chi connectivity index (χ3n) is 4.49. The van der Waals surface area contributed by atoms with Crippen LogP contribution in [0.4, 0.5) is 4.39 Å². The van der Waals surface area contributed by atoms with Gasteiger partial charge in [-0.25, -0.2) is 9.37 Å². The van der Waals surface area contributed by atoms with Gasteiger partial charge in [0.15, 0.2) is 5.16 Å². The van der Waals surface area contributed by atoms with Crippen LogP contribution in [0.5, 0.6) is 0 Å². The number of hydrogen-bond donors (Lipinski definition) is 0. The monoisotopic (exact) mass is 411 g/mol. The highest BCUT2D eigenvalue weighted by atomic mass is 32.2. The second kappa shape index (κ2) is 7.85. The Bertz CT molecular complexity index is 1180. The summed E-state index contributed by atoms with van der Waals surface area (Å²) in [5.74, 6) is 0.403. The van der Waals surface area contributed by atoms with Gasteiger partial charge in [-0.15, -0.1) is 11.3 Å². The molecule has 0 aliphatic rings. The third-order valence-corrected chi connectivity index (χ3v) is 6.54. The van der Waals surface area contributed by atoms with E-state index in [0.29, 0.717) is 22.8 Å². The van der Waals surface area contributed by atoms with Crippen LogP contribution in [0.2, 0.25) is 0 Å². The lowest BCUT2D eigenvalue weighted by Crippen LogP contribution is -2.22. The normalized spacial score (nSPS) is 11.2. The molecule has 0 unspecified atom stereocenters. The van der Waals surface area contributed by atoms with Crippen LogP contribution in [-0.2, 0) is 12.3 Å². The molecule has 4 aromatic rings. The molecule has 0 saturated heterocycles. The molecule has 0 saturated carbocycles. The number of pyridine rings is 1. The van der Waals surface area contributed by atoms with E-state index >= 15 is 0 Å². The van der Waals surface area contributed by atoms with Crippen LogP contribution in [0.15, 0.2) is 58.7 Å². The van der Waals surface area contributed by atoms with Crippen LogP contribution < -0.4 is 5.56 Å². The van der Waals surface area contributed by atoms with Crippen molar-refractivity contribution >= 4 is 33.3 Å². The van der Waals surface area contributed by atoms with Crippen LogP contribution in [0.3, 0.4) is 0 Å². The van der Waals surface area contributed by atoms with Gasteiger partial charge in [0.05, 0.1) is 5.39 Å². The Morgan fingerprint density at radius 2 is 2.00 bits per heavy atom. The maximum Gasteiger partial charge on any atom is 0.263 e. The lowest BCUT2D eigenvalue weighted by atomic mass is 10.0. The number of aromatic nitrogens is 3. The van der Waals surface area contributed by atoms with Crippen LogP contribution in [-0.4, -0.2) is 14.5 Å². The van der Waals surface area contributed by atoms with Crippen LogP contribution in [0, 0.1) is 12.7 Å². The summed E-state index contributed by atoms with van der Waals surface area (Å²) in [7, 11) is 0. The zero-order valence-corrected chi connectivity index (χ0v) is 17.1.